The van der Waals surface area contributed by atoms with Crippen molar-refractivity contribution in [3.63, 3.8) is 0 Å². The Morgan fingerprint density at radius 2 is 1.89 bits per heavy atom. The monoisotopic (exact) mass is 265 g/mol. The summed E-state index contributed by atoms with van der Waals surface area (Å²) in [5.41, 5.74) is 5.82. The maximum absolute atomic E-state index is 11.7. The number of methoxy groups -OCH3 is 1. The fraction of sp³-hybridized carbons (Fsp3) is 0.385. The number of carbonyl (C=O) groups is 2. The molecule has 6 heteroatoms. The molecule has 0 aliphatic carbocycles. The number of anilines is 2. The Bertz CT molecular complexity index is 492. The van der Waals surface area contributed by atoms with Crippen molar-refractivity contribution < 1.29 is 14.3 Å². The molecule has 6 nitrogen and oxygen atoms in total. The lowest BCUT2D eigenvalue weighted by molar-refractivity contribution is -0.120. The van der Waals surface area contributed by atoms with Crippen LogP contribution in [0.3, 0.4) is 0 Å². The van der Waals surface area contributed by atoms with Gasteiger partial charge in [0, 0.05) is 18.7 Å². The number of hydrogen-bond acceptors (Lipinski definition) is 4. The van der Waals surface area contributed by atoms with Gasteiger partial charge in [0.05, 0.1) is 18.3 Å². The summed E-state index contributed by atoms with van der Waals surface area (Å²) in [5.74, 6) is -0.0390. The number of ether oxygens (including phenoxy) is 1. The van der Waals surface area contributed by atoms with Crippen LogP contribution in [-0.2, 0) is 9.59 Å². The standard InChI is InChI=1S/C13H19N3O3/c1-8(17)15-10-6-5-9(7-11(10)19-4)16-12(18)13(2,3)14/h5-7H,14H2,1-4H3,(H,15,17)(H,16,18). The van der Waals surface area contributed by atoms with Gasteiger partial charge >= 0.3 is 0 Å². The molecule has 1 rings (SSSR count). The Balaban J connectivity index is 2.94. The van der Waals surface area contributed by atoms with Crippen LogP contribution in [0.15, 0.2) is 18.2 Å². The molecule has 0 unspecified atom stereocenters. The summed E-state index contributed by atoms with van der Waals surface area (Å²) in [5, 5.41) is 5.31. The number of hydrogen-bond donors (Lipinski definition) is 3. The molecule has 1 aromatic rings. The van der Waals surface area contributed by atoms with Crippen LogP contribution >= 0.6 is 0 Å². The van der Waals surface area contributed by atoms with Crippen LogP contribution in [0.2, 0.25) is 0 Å². The third-order valence-electron chi connectivity index (χ3n) is 2.36. The zero-order valence-corrected chi connectivity index (χ0v) is 11.5. The van der Waals surface area contributed by atoms with Crippen LogP contribution in [0.25, 0.3) is 0 Å². The highest BCUT2D eigenvalue weighted by molar-refractivity contribution is 5.98. The molecule has 2 amide bonds. The average molecular weight is 265 g/mol. The van der Waals surface area contributed by atoms with Gasteiger partial charge in [-0.3, -0.25) is 9.59 Å². The fourth-order valence-electron chi connectivity index (χ4n) is 1.35. The minimum absolute atomic E-state index is 0.196. The number of nitrogens with one attached hydrogen (secondary N) is 2. The first-order valence-corrected chi connectivity index (χ1v) is 5.80. The van der Waals surface area contributed by atoms with E-state index in [2.05, 4.69) is 10.6 Å². The minimum Gasteiger partial charge on any atom is -0.494 e. The highest BCUT2D eigenvalue weighted by Crippen LogP contribution is 2.28. The number of nitrogens with two attached hydrogens (primary N) is 1. The van der Waals surface area contributed by atoms with Crippen LogP contribution in [0, 0.1) is 0 Å². The van der Waals surface area contributed by atoms with E-state index in [0.717, 1.165) is 0 Å². The largest absolute Gasteiger partial charge is 0.494 e. The minimum atomic E-state index is -0.969. The predicted molar refractivity (Wildman–Crippen MR) is 74.2 cm³/mol. The van der Waals surface area contributed by atoms with Gasteiger partial charge in [-0.15, -0.1) is 0 Å². The van der Waals surface area contributed by atoms with E-state index in [4.69, 9.17) is 10.5 Å². The van der Waals surface area contributed by atoms with Crippen LogP contribution in [-0.4, -0.2) is 24.5 Å². The molecular weight excluding hydrogens is 246 g/mol. The van der Waals surface area contributed by atoms with Crippen molar-refractivity contribution in [2.24, 2.45) is 5.73 Å². The normalized spacial score (nSPS) is 10.8. The molecular formula is C13H19N3O3. The van der Waals surface area contributed by atoms with Gasteiger partial charge in [0.25, 0.3) is 0 Å². The van der Waals surface area contributed by atoms with Crippen molar-refractivity contribution in [1.29, 1.82) is 0 Å². The van der Waals surface area contributed by atoms with Gasteiger partial charge in [0.2, 0.25) is 11.8 Å². The average Bonchev–Trinajstić information content (AvgIpc) is 2.29. The Hall–Kier alpha value is -2.08. The lowest BCUT2D eigenvalue weighted by Crippen LogP contribution is -2.45. The van der Waals surface area contributed by atoms with Crippen molar-refractivity contribution >= 4 is 23.2 Å². The lowest BCUT2D eigenvalue weighted by atomic mass is 10.1. The Morgan fingerprint density at radius 3 is 2.37 bits per heavy atom. The highest BCUT2D eigenvalue weighted by atomic mass is 16.5. The quantitative estimate of drug-likeness (QED) is 0.765. The second kappa shape index (κ2) is 5.71. The van der Waals surface area contributed by atoms with E-state index in [9.17, 15) is 9.59 Å². The summed E-state index contributed by atoms with van der Waals surface area (Å²) in [6.45, 7) is 4.64. The van der Waals surface area contributed by atoms with Crippen LogP contribution in [0.1, 0.15) is 20.8 Å². The number of rotatable bonds is 4. The molecule has 0 saturated heterocycles. The third-order valence-corrected chi connectivity index (χ3v) is 2.36. The van der Waals surface area contributed by atoms with Crippen LogP contribution in [0.4, 0.5) is 11.4 Å². The van der Waals surface area contributed by atoms with E-state index in [1.54, 1.807) is 32.0 Å². The maximum atomic E-state index is 11.7. The Kier molecular flexibility index (Phi) is 4.50. The van der Waals surface area contributed by atoms with Gasteiger partial charge in [-0.05, 0) is 26.0 Å². The number of amides is 2. The predicted octanol–water partition coefficient (Wildman–Crippen LogP) is 1.33. The van der Waals surface area contributed by atoms with Crippen molar-refractivity contribution in [2.45, 2.75) is 26.3 Å². The van der Waals surface area contributed by atoms with E-state index in [0.29, 0.717) is 17.1 Å². The zero-order valence-electron chi connectivity index (χ0n) is 11.5. The molecule has 0 fully saturated rings. The summed E-state index contributed by atoms with van der Waals surface area (Å²) < 4.78 is 5.16. The molecule has 1 aromatic carbocycles. The zero-order chi connectivity index (χ0) is 14.6. The van der Waals surface area contributed by atoms with Gasteiger partial charge in [-0.2, -0.15) is 0 Å². The molecule has 4 N–H and O–H groups in total. The van der Waals surface area contributed by atoms with Gasteiger partial charge in [-0.1, -0.05) is 0 Å². The van der Waals surface area contributed by atoms with Crippen molar-refractivity contribution in [3.05, 3.63) is 18.2 Å². The molecule has 0 aliphatic rings. The highest BCUT2D eigenvalue weighted by Gasteiger charge is 2.22. The molecule has 0 bridgehead atoms. The van der Waals surface area contributed by atoms with E-state index in [1.165, 1.54) is 14.0 Å². The second-order valence-corrected chi connectivity index (χ2v) is 4.77. The summed E-state index contributed by atoms with van der Waals surface area (Å²) in [4.78, 5) is 22.8. The number of carbonyl (C=O) groups excluding carboxylic acids is 2. The van der Waals surface area contributed by atoms with E-state index in [1.807, 2.05) is 0 Å². The smallest absolute Gasteiger partial charge is 0.243 e. The van der Waals surface area contributed by atoms with Crippen LogP contribution in [0.5, 0.6) is 5.75 Å². The van der Waals surface area contributed by atoms with Crippen molar-refractivity contribution in [1.82, 2.24) is 0 Å². The SMILES string of the molecule is COc1cc(NC(=O)C(C)(C)N)ccc1NC(C)=O. The van der Waals surface area contributed by atoms with Crippen molar-refractivity contribution in [2.75, 3.05) is 17.7 Å². The molecule has 0 aliphatic heterocycles. The molecule has 0 spiro atoms. The summed E-state index contributed by atoms with van der Waals surface area (Å²) >= 11 is 0. The Labute approximate surface area is 112 Å². The topological polar surface area (TPSA) is 93.4 Å². The van der Waals surface area contributed by atoms with E-state index >= 15 is 0 Å². The van der Waals surface area contributed by atoms with Gasteiger partial charge < -0.3 is 21.1 Å². The Morgan fingerprint density at radius 1 is 1.26 bits per heavy atom. The maximum Gasteiger partial charge on any atom is 0.243 e. The second-order valence-electron chi connectivity index (χ2n) is 4.77. The van der Waals surface area contributed by atoms with Crippen molar-refractivity contribution in [3.8, 4) is 5.75 Å². The molecule has 0 heterocycles. The summed E-state index contributed by atoms with van der Waals surface area (Å²) in [6.07, 6.45) is 0. The third kappa shape index (κ3) is 4.26. The first kappa shape index (κ1) is 15.0. The molecule has 0 aromatic heterocycles. The van der Waals surface area contributed by atoms with Gasteiger partial charge in [0.1, 0.15) is 5.75 Å². The molecule has 0 atom stereocenters. The number of benzene rings is 1. The first-order chi connectivity index (χ1) is 8.74. The van der Waals surface area contributed by atoms with Crippen LogP contribution < -0.4 is 21.1 Å². The fourth-order valence-corrected chi connectivity index (χ4v) is 1.35. The van der Waals surface area contributed by atoms with E-state index in [-0.39, 0.29) is 11.8 Å². The molecule has 104 valence electrons. The summed E-state index contributed by atoms with van der Waals surface area (Å²) in [7, 11) is 1.49. The molecule has 19 heavy (non-hydrogen) atoms. The van der Waals surface area contributed by atoms with Gasteiger partial charge in [0.15, 0.2) is 0 Å². The van der Waals surface area contributed by atoms with E-state index < -0.39 is 5.54 Å². The lowest BCUT2D eigenvalue weighted by Gasteiger charge is -2.18. The molecule has 0 radical (unpaired) electrons. The molecule has 0 saturated carbocycles. The summed E-state index contributed by atoms with van der Waals surface area (Å²) in [6, 6.07) is 4.94. The first-order valence-electron chi connectivity index (χ1n) is 5.80. The van der Waals surface area contributed by atoms with Gasteiger partial charge in [-0.25, -0.2) is 0 Å².